The van der Waals surface area contributed by atoms with Crippen LogP contribution in [0.15, 0.2) is 52.4 Å². The molecule has 2 aliphatic heterocycles. The second kappa shape index (κ2) is 12.7. The van der Waals surface area contributed by atoms with Crippen LogP contribution in [0.2, 0.25) is 0 Å². The Morgan fingerprint density at radius 2 is 1.88 bits per heavy atom. The Morgan fingerprint density at radius 1 is 1.21 bits per heavy atom. The van der Waals surface area contributed by atoms with Crippen LogP contribution < -0.4 is 33.1 Å². The number of aliphatic carboxylic acids is 1. The molecule has 3 N–H and O–H groups in total. The van der Waals surface area contributed by atoms with Crippen molar-refractivity contribution in [2.45, 2.75) is 63.8 Å². The van der Waals surface area contributed by atoms with E-state index in [0.29, 0.717) is 11.3 Å². The lowest BCUT2D eigenvalue weighted by atomic mass is 10.0. The summed E-state index contributed by atoms with van der Waals surface area (Å²) >= 11 is 2.37. The van der Waals surface area contributed by atoms with E-state index in [4.69, 9.17) is 15.3 Å². The highest BCUT2D eigenvalue weighted by Crippen LogP contribution is 2.40. The van der Waals surface area contributed by atoms with Crippen molar-refractivity contribution < 1.29 is 50.8 Å². The summed E-state index contributed by atoms with van der Waals surface area (Å²) in [5, 5.41) is 19.6. The number of carboxylic acids is 1. The molecule has 2 atom stereocenters. The van der Waals surface area contributed by atoms with Gasteiger partial charge in [-0.15, -0.1) is 23.1 Å². The largest absolute Gasteiger partial charge is 1.00 e. The molecule has 226 valence electrons. The van der Waals surface area contributed by atoms with Crippen LogP contribution in [0.3, 0.4) is 0 Å². The fourth-order valence-electron chi connectivity index (χ4n) is 3.96. The first-order valence-electron chi connectivity index (χ1n) is 12.5. The number of nitrogens with zero attached hydrogens (tertiary/aromatic N) is 4. The molecule has 0 aromatic carbocycles. The molecule has 2 aliphatic rings. The van der Waals surface area contributed by atoms with Gasteiger partial charge >= 0.3 is 5.97 Å². The summed E-state index contributed by atoms with van der Waals surface area (Å²) < 4.78 is 7.16. The molecule has 2 aromatic heterocycles. The molecule has 4 heterocycles. The van der Waals surface area contributed by atoms with Gasteiger partial charge in [-0.2, -0.15) is 0 Å². The van der Waals surface area contributed by atoms with Gasteiger partial charge in [-0.05, 0) is 34.6 Å². The number of nitrogen functional groups attached to an aromatic ring is 1. The number of anilines is 1. The maximum absolute atomic E-state index is 13.4. The van der Waals surface area contributed by atoms with Crippen molar-refractivity contribution in [3.63, 3.8) is 0 Å². The average molecular weight is 638 g/mol. The van der Waals surface area contributed by atoms with Crippen LogP contribution in [-0.2, 0) is 35.3 Å². The van der Waals surface area contributed by atoms with Crippen LogP contribution in [-0.4, -0.2) is 67.7 Å². The number of nitrogens with one attached hydrogen (secondary N) is 1. The molecule has 0 saturated carbocycles. The number of thioether (sulfide) groups is 1. The first kappa shape index (κ1) is 32.8. The fraction of sp³-hybridized carbons (Fsp3) is 0.423. The number of thiazole rings is 1. The molecule has 13 nitrogen and oxygen atoms in total. The molecule has 16 heteroatoms. The highest BCUT2D eigenvalue weighted by molar-refractivity contribution is 8.00. The number of ether oxygens (including phenoxy) is 1. The molecule has 0 aliphatic carbocycles. The molecule has 42 heavy (non-hydrogen) atoms. The van der Waals surface area contributed by atoms with Crippen LogP contribution in [0.25, 0.3) is 0 Å². The second-order valence-electron chi connectivity index (χ2n) is 10.8. The summed E-state index contributed by atoms with van der Waals surface area (Å²) in [5.74, 6) is -3.31. The van der Waals surface area contributed by atoms with Gasteiger partial charge in [0.2, 0.25) is 5.60 Å². The van der Waals surface area contributed by atoms with E-state index in [2.05, 4.69) is 15.5 Å². The van der Waals surface area contributed by atoms with Crippen molar-refractivity contribution in [2.24, 2.45) is 5.16 Å². The van der Waals surface area contributed by atoms with Crippen molar-refractivity contribution >= 4 is 57.7 Å². The Bertz CT molecular complexity index is 1440. The number of esters is 1. The number of nitrogens with two attached hydrogens (primary N) is 1. The number of fused-ring (bicyclic) bond motifs is 1. The van der Waals surface area contributed by atoms with Gasteiger partial charge in [0.05, 0.1) is 11.7 Å². The van der Waals surface area contributed by atoms with Gasteiger partial charge in [-0.1, -0.05) is 11.2 Å². The zero-order valence-corrected chi connectivity index (χ0v) is 25.8. The molecule has 0 bridgehead atoms. The highest BCUT2D eigenvalue weighted by Gasteiger charge is 2.53. The normalized spacial score (nSPS) is 18.8. The number of rotatable bonds is 9. The standard InChI is InChI=1S/C26H30N6O7S2.ClH/c1-25(2,3)38-23(37)26(4,5)39-30-16(15-13-41-24(27)28-15)19(33)29-17-20(34)32-18(22(35)36)14(12-40-21(17)32)11-31-9-7-6-8-10-31;/h6-10,13,17,21H,11-12H2,1-5H3,(H3-,27,28,29,33,35,36);1H/p-1/b30-16-;/t17-,21-;/m1./s1. The number of β-lactam (4-membered cyclic amide) rings is 1. The summed E-state index contributed by atoms with van der Waals surface area (Å²) in [6, 6.07) is 4.41. The molecule has 4 rings (SSSR count). The summed E-state index contributed by atoms with van der Waals surface area (Å²) in [6.07, 6.45) is 3.58. The van der Waals surface area contributed by atoms with Crippen molar-refractivity contribution in [3.05, 3.63) is 52.9 Å². The third-order valence-electron chi connectivity index (χ3n) is 5.91. The van der Waals surface area contributed by atoms with E-state index in [1.807, 2.05) is 18.2 Å². The van der Waals surface area contributed by atoms with Gasteiger partial charge < -0.3 is 42.9 Å². The topological polar surface area (TPSA) is 180 Å². The minimum atomic E-state index is -1.57. The van der Waals surface area contributed by atoms with E-state index in [-0.39, 0.29) is 41.2 Å². The number of carbonyl (C=O) groups is 4. The number of hydrogen-bond acceptors (Lipinski definition) is 12. The number of aromatic nitrogens is 2. The maximum Gasteiger partial charge on any atom is 0.353 e. The minimum Gasteiger partial charge on any atom is -1.00 e. The summed E-state index contributed by atoms with van der Waals surface area (Å²) in [5.41, 5.74) is 3.46. The zero-order valence-electron chi connectivity index (χ0n) is 23.5. The van der Waals surface area contributed by atoms with Gasteiger partial charge in [0.15, 0.2) is 29.8 Å². The first-order chi connectivity index (χ1) is 19.2. The van der Waals surface area contributed by atoms with Crippen molar-refractivity contribution in [1.29, 1.82) is 0 Å². The number of oxime groups is 1. The number of carboxylic acid groups (broad SMARTS) is 1. The Kier molecular flexibility index (Phi) is 9.90. The number of halogens is 1. The molecule has 1 saturated heterocycles. The van der Waals surface area contributed by atoms with Crippen molar-refractivity contribution in [3.8, 4) is 0 Å². The van der Waals surface area contributed by atoms with E-state index in [0.717, 1.165) is 16.2 Å². The summed E-state index contributed by atoms with van der Waals surface area (Å²) in [4.78, 5) is 61.9. The smallest absolute Gasteiger partial charge is 0.353 e. The third kappa shape index (κ3) is 7.20. The molecule has 0 radical (unpaired) electrons. The van der Waals surface area contributed by atoms with E-state index in [1.54, 1.807) is 37.7 Å². The Morgan fingerprint density at radius 3 is 2.45 bits per heavy atom. The Hall–Kier alpha value is -3.69. The van der Waals surface area contributed by atoms with Crippen LogP contribution in [0, 0.1) is 0 Å². The Labute approximate surface area is 256 Å². The van der Waals surface area contributed by atoms with Crippen LogP contribution in [0.5, 0.6) is 0 Å². The lowest BCUT2D eigenvalue weighted by molar-refractivity contribution is -0.689. The predicted octanol–water partition coefficient (Wildman–Crippen LogP) is -3.04. The summed E-state index contributed by atoms with van der Waals surface area (Å²) in [6.45, 7) is 8.23. The molecule has 0 spiro atoms. The third-order valence-corrected chi connectivity index (χ3v) is 7.93. The lowest BCUT2D eigenvalue weighted by Crippen LogP contribution is -3.00. The predicted molar refractivity (Wildman–Crippen MR) is 148 cm³/mol. The SMILES string of the molecule is CC(C)(C)OC(=O)C(C)(C)O/N=C(\C(=O)N[C@@H]1C(=O)N2C(C(=O)[O-])=C(C[n+]3ccccc3)CS[C@H]12)c1csc(N)n1.[Cl-]. The van der Waals surface area contributed by atoms with E-state index in [1.165, 1.54) is 31.0 Å². The van der Waals surface area contributed by atoms with Crippen LogP contribution in [0.1, 0.15) is 40.3 Å². The molecule has 2 aromatic rings. The number of pyridine rings is 1. The van der Waals surface area contributed by atoms with E-state index >= 15 is 0 Å². The van der Waals surface area contributed by atoms with Gasteiger partial charge in [0, 0.05) is 28.8 Å². The van der Waals surface area contributed by atoms with Crippen LogP contribution >= 0.6 is 23.1 Å². The number of amides is 2. The quantitative estimate of drug-likeness (QED) is 0.0944. The molecule has 1 fully saturated rings. The number of hydrogen-bond donors (Lipinski definition) is 2. The van der Waals surface area contributed by atoms with E-state index in [9.17, 15) is 24.3 Å². The average Bonchev–Trinajstić information content (AvgIpc) is 3.32. The van der Waals surface area contributed by atoms with Gasteiger partial charge in [0.25, 0.3) is 11.8 Å². The zero-order chi connectivity index (χ0) is 30.1. The monoisotopic (exact) mass is 637 g/mol. The molecular formula is C26H30ClN6O7S2-. The van der Waals surface area contributed by atoms with Crippen LogP contribution in [0.4, 0.5) is 5.13 Å². The molecule has 2 amide bonds. The van der Waals surface area contributed by atoms with Gasteiger partial charge in [-0.25, -0.2) is 14.3 Å². The fourth-order valence-corrected chi connectivity index (χ4v) is 5.84. The maximum atomic E-state index is 13.4. The first-order valence-corrected chi connectivity index (χ1v) is 14.4. The second-order valence-corrected chi connectivity index (χ2v) is 12.8. The molecular weight excluding hydrogens is 608 g/mol. The van der Waals surface area contributed by atoms with Crippen molar-refractivity contribution in [2.75, 3.05) is 11.5 Å². The van der Waals surface area contributed by atoms with Gasteiger partial charge in [0.1, 0.15) is 22.7 Å². The Balaban J connectivity index is 0.00000484. The van der Waals surface area contributed by atoms with Gasteiger partial charge in [-0.3, -0.25) is 14.5 Å². The summed E-state index contributed by atoms with van der Waals surface area (Å²) in [7, 11) is 0. The number of carbonyl (C=O) groups excluding carboxylic acids is 4. The minimum absolute atomic E-state index is 0. The van der Waals surface area contributed by atoms with E-state index < -0.39 is 46.4 Å². The van der Waals surface area contributed by atoms with Crippen molar-refractivity contribution in [1.82, 2.24) is 15.2 Å². The molecule has 0 unspecified atom stereocenters. The lowest BCUT2D eigenvalue weighted by Gasteiger charge is -2.50. The highest BCUT2D eigenvalue weighted by atomic mass is 35.5.